The molecule has 2 aromatic rings. The van der Waals surface area contributed by atoms with E-state index in [1.807, 2.05) is 30.3 Å². The lowest BCUT2D eigenvalue weighted by atomic mass is 10.4. The van der Waals surface area contributed by atoms with E-state index in [2.05, 4.69) is 51.8 Å². The predicted molar refractivity (Wildman–Crippen MR) is 112 cm³/mol. The van der Waals surface area contributed by atoms with Crippen molar-refractivity contribution in [2.24, 2.45) is 4.99 Å². The molecular formula is C16H23IN4S2. The molecule has 0 bridgehead atoms. The van der Waals surface area contributed by atoms with E-state index in [9.17, 15) is 0 Å². The van der Waals surface area contributed by atoms with E-state index in [4.69, 9.17) is 0 Å². The van der Waals surface area contributed by atoms with Crippen molar-refractivity contribution in [1.82, 2.24) is 15.6 Å². The summed E-state index contributed by atoms with van der Waals surface area (Å²) in [5.74, 6) is 0.827. The topological polar surface area (TPSA) is 49.3 Å². The molecule has 4 nitrogen and oxygen atoms in total. The Hall–Kier alpha value is -0.800. The summed E-state index contributed by atoms with van der Waals surface area (Å²) in [4.78, 5) is 11.1. The maximum Gasteiger partial charge on any atom is 0.191 e. The molecular weight excluding hydrogens is 439 g/mol. The Bertz CT molecular complexity index is 601. The zero-order valence-electron chi connectivity index (χ0n) is 13.6. The molecule has 0 spiro atoms. The third-order valence-corrected chi connectivity index (χ3v) is 5.17. The van der Waals surface area contributed by atoms with E-state index in [1.54, 1.807) is 18.4 Å². The Morgan fingerprint density at radius 2 is 2.04 bits per heavy atom. The van der Waals surface area contributed by atoms with E-state index in [-0.39, 0.29) is 24.0 Å². The van der Waals surface area contributed by atoms with Crippen LogP contribution in [0.25, 0.3) is 0 Å². The van der Waals surface area contributed by atoms with Gasteiger partial charge < -0.3 is 10.6 Å². The van der Waals surface area contributed by atoms with Gasteiger partial charge in [0.25, 0.3) is 0 Å². The maximum absolute atomic E-state index is 4.27. The quantitative estimate of drug-likeness (QED) is 0.296. The Morgan fingerprint density at radius 1 is 1.30 bits per heavy atom. The average molecular weight is 462 g/mol. The van der Waals surface area contributed by atoms with Crippen molar-refractivity contribution in [2.75, 3.05) is 13.6 Å². The van der Waals surface area contributed by atoms with Gasteiger partial charge in [0.05, 0.1) is 17.7 Å². The molecule has 2 rings (SSSR count). The summed E-state index contributed by atoms with van der Waals surface area (Å²) < 4.78 is 0. The number of thioether (sulfide) groups is 1. The molecule has 23 heavy (non-hydrogen) atoms. The number of hydrogen-bond donors (Lipinski definition) is 2. The third kappa shape index (κ3) is 7.09. The molecule has 0 amide bonds. The van der Waals surface area contributed by atoms with Gasteiger partial charge in [-0.05, 0) is 19.1 Å². The van der Waals surface area contributed by atoms with Gasteiger partial charge >= 0.3 is 0 Å². The van der Waals surface area contributed by atoms with Crippen LogP contribution in [0.3, 0.4) is 0 Å². The second kappa shape index (κ2) is 10.9. The highest BCUT2D eigenvalue weighted by Crippen LogP contribution is 2.21. The molecule has 1 atom stereocenters. The summed E-state index contributed by atoms with van der Waals surface area (Å²) in [6.07, 6.45) is 0. The van der Waals surface area contributed by atoms with Crippen LogP contribution in [0.15, 0.2) is 45.7 Å². The molecule has 2 N–H and O–H groups in total. The Morgan fingerprint density at radius 3 is 2.65 bits per heavy atom. The second-order valence-corrected chi connectivity index (χ2v) is 7.36. The first-order valence-corrected chi connectivity index (χ1v) is 9.00. The van der Waals surface area contributed by atoms with Crippen molar-refractivity contribution in [3.8, 4) is 0 Å². The fourth-order valence-electron chi connectivity index (χ4n) is 1.89. The molecule has 1 unspecified atom stereocenters. The van der Waals surface area contributed by atoms with E-state index in [0.717, 1.165) is 24.7 Å². The lowest BCUT2D eigenvalue weighted by Gasteiger charge is -2.15. The van der Waals surface area contributed by atoms with Crippen molar-refractivity contribution in [1.29, 1.82) is 0 Å². The SMILES string of the molecule is CN=C(NCc1scnc1C)NCC(C)Sc1ccccc1.I. The zero-order chi connectivity index (χ0) is 15.8. The Labute approximate surface area is 163 Å². The Balaban J connectivity index is 0.00000264. The van der Waals surface area contributed by atoms with Gasteiger partial charge in [0.1, 0.15) is 0 Å². The van der Waals surface area contributed by atoms with Gasteiger partial charge in [0, 0.05) is 28.6 Å². The Kier molecular flexibility index (Phi) is 9.57. The first-order chi connectivity index (χ1) is 10.7. The lowest BCUT2D eigenvalue weighted by molar-refractivity contribution is 0.792. The number of nitrogens with zero attached hydrogens (tertiary/aromatic N) is 2. The summed E-state index contributed by atoms with van der Waals surface area (Å²) in [6.45, 7) is 5.87. The van der Waals surface area contributed by atoms with Gasteiger partial charge in [-0.25, -0.2) is 4.98 Å². The molecule has 0 fully saturated rings. The zero-order valence-corrected chi connectivity index (χ0v) is 17.5. The summed E-state index contributed by atoms with van der Waals surface area (Å²) in [6, 6.07) is 10.5. The minimum absolute atomic E-state index is 0. The summed E-state index contributed by atoms with van der Waals surface area (Å²) >= 11 is 3.53. The molecule has 0 saturated carbocycles. The minimum Gasteiger partial charge on any atom is -0.355 e. The van der Waals surface area contributed by atoms with Crippen LogP contribution in [0.4, 0.5) is 0 Å². The molecule has 0 radical (unpaired) electrons. The normalized spacial score (nSPS) is 12.4. The molecule has 7 heteroatoms. The molecule has 0 saturated heterocycles. The van der Waals surface area contributed by atoms with Crippen LogP contribution in [0.1, 0.15) is 17.5 Å². The molecule has 0 aliphatic heterocycles. The van der Waals surface area contributed by atoms with Crippen LogP contribution in [-0.4, -0.2) is 29.8 Å². The van der Waals surface area contributed by atoms with E-state index < -0.39 is 0 Å². The van der Waals surface area contributed by atoms with Crippen molar-refractivity contribution in [3.63, 3.8) is 0 Å². The highest BCUT2D eigenvalue weighted by Gasteiger charge is 2.07. The lowest BCUT2D eigenvalue weighted by Crippen LogP contribution is -2.39. The van der Waals surface area contributed by atoms with Crippen LogP contribution >= 0.6 is 47.1 Å². The highest BCUT2D eigenvalue weighted by atomic mass is 127. The number of aliphatic imine (C=N–C) groups is 1. The van der Waals surface area contributed by atoms with Crippen LogP contribution < -0.4 is 10.6 Å². The van der Waals surface area contributed by atoms with E-state index in [1.165, 1.54) is 9.77 Å². The fourth-order valence-corrected chi connectivity index (χ4v) is 3.56. The second-order valence-electron chi connectivity index (χ2n) is 4.91. The van der Waals surface area contributed by atoms with Crippen molar-refractivity contribution < 1.29 is 0 Å². The largest absolute Gasteiger partial charge is 0.355 e. The molecule has 0 aliphatic carbocycles. The van der Waals surface area contributed by atoms with Crippen LogP contribution in [0.5, 0.6) is 0 Å². The van der Waals surface area contributed by atoms with Crippen molar-refractivity contribution in [3.05, 3.63) is 46.4 Å². The number of rotatable bonds is 6. The number of guanidine groups is 1. The van der Waals surface area contributed by atoms with Crippen molar-refractivity contribution in [2.45, 2.75) is 30.5 Å². The number of hydrogen-bond acceptors (Lipinski definition) is 4. The van der Waals surface area contributed by atoms with Crippen LogP contribution in [0.2, 0.25) is 0 Å². The van der Waals surface area contributed by atoms with Gasteiger partial charge in [-0.15, -0.1) is 47.1 Å². The van der Waals surface area contributed by atoms with Crippen LogP contribution in [-0.2, 0) is 6.54 Å². The fraction of sp³-hybridized carbons (Fsp3) is 0.375. The van der Waals surface area contributed by atoms with Crippen molar-refractivity contribution >= 4 is 53.0 Å². The predicted octanol–water partition coefficient (Wildman–Crippen LogP) is 3.92. The summed E-state index contributed by atoms with van der Waals surface area (Å²) in [5, 5.41) is 7.17. The number of aromatic nitrogens is 1. The molecule has 1 heterocycles. The van der Waals surface area contributed by atoms with Gasteiger partial charge in [-0.1, -0.05) is 25.1 Å². The molecule has 1 aromatic carbocycles. The minimum atomic E-state index is 0. The third-order valence-electron chi connectivity index (χ3n) is 3.12. The first kappa shape index (κ1) is 20.2. The average Bonchev–Trinajstić information content (AvgIpc) is 2.94. The number of halogens is 1. The smallest absolute Gasteiger partial charge is 0.191 e. The monoisotopic (exact) mass is 462 g/mol. The molecule has 1 aromatic heterocycles. The maximum atomic E-state index is 4.27. The van der Waals surface area contributed by atoms with E-state index in [0.29, 0.717) is 5.25 Å². The molecule has 126 valence electrons. The van der Waals surface area contributed by atoms with Gasteiger partial charge in [-0.3, -0.25) is 4.99 Å². The summed E-state index contributed by atoms with van der Waals surface area (Å²) in [5.41, 5.74) is 2.96. The number of thiazole rings is 1. The van der Waals surface area contributed by atoms with Crippen LogP contribution in [0, 0.1) is 6.92 Å². The first-order valence-electron chi connectivity index (χ1n) is 7.24. The van der Waals surface area contributed by atoms with Gasteiger partial charge in [-0.2, -0.15) is 0 Å². The van der Waals surface area contributed by atoms with Gasteiger partial charge in [0.2, 0.25) is 0 Å². The number of benzene rings is 1. The van der Waals surface area contributed by atoms with E-state index >= 15 is 0 Å². The standard InChI is InChI=1S/C16H22N4S2.HI/c1-12(22-14-7-5-4-6-8-14)9-18-16(17-3)19-10-15-13(2)20-11-21-15;/h4-8,11-12H,9-10H2,1-3H3,(H2,17,18,19);1H. The summed E-state index contributed by atoms with van der Waals surface area (Å²) in [7, 11) is 1.80. The number of aryl methyl sites for hydroxylation is 1. The highest BCUT2D eigenvalue weighted by molar-refractivity contribution is 14.0. The number of nitrogens with one attached hydrogen (secondary N) is 2. The molecule has 0 aliphatic rings. The van der Waals surface area contributed by atoms with Gasteiger partial charge in [0.15, 0.2) is 5.96 Å².